The molecule has 0 spiro atoms. The third kappa shape index (κ3) is 2.93. The SMILES string of the molecule is Clc1cc(Cl)cc(CNc2cccc3n[se]nc23)c1. The molecule has 19 heavy (non-hydrogen) atoms. The first-order valence-electron chi connectivity index (χ1n) is 5.62. The molecule has 1 N–H and O–H groups in total. The van der Waals surface area contributed by atoms with E-state index in [0.717, 1.165) is 22.3 Å². The topological polar surface area (TPSA) is 37.8 Å². The van der Waals surface area contributed by atoms with Gasteiger partial charge in [-0.1, -0.05) is 0 Å². The summed E-state index contributed by atoms with van der Waals surface area (Å²) in [5.41, 5.74) is 3.96. The van der Waals surface area contributed by atoms with Crippen molar-refractivity contribution in [2.45, 2.75) is 6.54 Å². The van der Waals surface area contributed by atoms with Gasteiger partial charge in [0, 0.05) is 0 Å². The average molecular weight is 357 g/mol. The van der Waals surface area contributed by atoms with Crippen LogP contribution in [0.25, 0.3) is 11.0 Å². The van der Waals surface area contributed by atoms with Crippen LogP contribution < -0.4 is 5.32 Å². The van der Waals surface area contributed by atoms with Crippen LogP contribution in [0.5, 0.6) is 0 Å². The van der Waals surface area contributed by atoms with Crippen LogP contribution in [0.4, 0.5) is 5.69 Å². The molecule has 6 heteroatoms. The Bertz CT molecular complexity index is 706. The zero-order valence-electron chi connectivity index (χ0n) is 9.73. The minimum atomic E-state index is -0.0144. The molecule has 0 fully saturated rings. The average Bonchev–Trinajstić information content (AvgIpc) is 2.83. The van der Waals surface area contributed by atoms with Crippen molar-refractivity contribution in [2.24, 2.45) is 0 Å². The Morgan fingerprint density at radius 1 is 1.05 bits per heavy atom. The fourth-order valence-corrected chi connectivity index (χ4v) is 3.58. The van der Waals surface area contributed by atoms with E-state index in [2.05, 4.69) is 13.3 Å². The number of anilines is 1. The van der Waals surface area contributed by atoms with Crippen LogP contribution in [0.1, 0.15) is 5.56 Å². The molecule has 0 aliphatic rings. The molecule has 0 aliphatic heterocycles. The first-order chi connectivity index (χ1) is 9.22. The van der Waals surface area contributed by atoms with Gasteiger partial charge in [0.1, 0.15) is 0 Å². The van der Waals surface area contributed by atoms with E-state index in [0.29, 0.717) is 16.6 Å². The van der Waals surface area contributed by atoms with Crippen molar-refractivity contribution in [3.63, 3.8) is 0 Å². The Morgan fingerprint density at radius 2 is 1.84 bits per heavy atom. The van der Waals surface area contributed by atoms with Gasteiger partial charge >= 0.3 is 127 Å². The van der Waals surface area contributed by atoms with Crippen molar-refractivity contribution in [3.05, 3.63) is 52.0 Å². The second kappa shape index (κ2) is 5.51. The second-order valence-corrected chi connectivity index (χ2v) is 6.05. The number of hydrogen-bond acceptors (Lipinski definition) is 3. The maximum atomic E-state index is 5.98. The Hall–Kier alpha value is -1.06. The summed E-state index contributed by atoms with van der Waals surface area (Å²) in [6.45, 7) is 0.652. The zero-order chi connectivity index (χ0) is 13.2. The van der Waals surface area contributed by atoms with Crippen molar-refractivity contribution in [3.8, 4) is 0 Å². The number of nitrogens with one attached hydrogen (secondary N) is 1. The number of benzene rings is 2. The van der Waals surface area contributed by atoms with E-state index in [1.807, 2.05) is 30.3 Å². The third-order valence-corrected chi connectivity index (χ3v) is 4.27. The molecule has 2 aromatic carbocycles. The van der Waals surface area contributed by atoms with E-state index < -0.39 is 0 Å². The first-order valence-corrected chi connectivity index (χ1v) is 7.91. The molecule has 1 aromatic heterocycles. The van der Waals surface area contributed by atoms with E-state index in [9.17, 15) is 0 Å². The van der Waals surface area contributed by atoms with Crippen molar-refractivity contribution in [1.29, 1.82) is 0 Å². The molecule has 0 bridgehead atoms. The van der Waals surface area contributed by atoms with E-state index in [4.69, 9.17) is 23.2 Å². The van der Waals surface area contributed by atoms with Gasteiger partial charge in [-0.3, -0.25) is 0 Å². The summed E-state index contributed by atoms with van der Waals surface area (Å²) in [7, 11) is 0. The van der Waals surface area contributed by atoms with Crippen molar-refractivity contribution in [2.75, 3.05) is 5.32 Å². The van der Waals surface area contributed by atoms with Gasteiger partial charge in [0.2, 0.25) is 0 Å². The molecular weight excluding hydrogens is 348 g/mol. The van der Waals surface area contributed by atoms with E-state index in [1.54, 1.807) is 6.07 Å². The first kappa shape index (κ1) is 12.9. The van der Waals surface area contributed by atoms with Crippen molar-refractivity contribution >= 4 is 54.9 Å². The zero-order valence-corrected chi connectivity index (χ0v) is 13.0. The maximum absolute atomic E-state index is 5.98. The predicted molar refractivity (Wildman–Crippen MR) is 80.3 cm³/mol. The minimum absolute atomic E-state index is 0.0144. The van der Waals surface area contributed by atoms with Crippen LogP contribution in [0, 0.1) is 0 Å². The molecule has 3 rings (SSSR count). The Labute approximate surface area is 126 Å². The Kier molecular flexibility index (Phi) is 3.76. The van der Waals surface area contributed by atoms with Crippen molar-refractivity contribution in [1.82, 2.24) is 7.96 Å². The van der Waals surface area contributed by atoms with Gasteiger partial charge in [0.15, 0.2) is 0 Å². The van der Waals surface area contributed by atoms with Gasteiger partial charge in [-0.2, -0.15) is 0 Å². The summed E-state index contributed by atoms with van der Waals surface area (Å²) in [6.07, 6.45) is 0. The van der Waals surface area contributed by atoms with Crippen LogP contribution in [-0.4, -0.2) is 22.9 Å². The number of hydrogen-bond donors (Lipinski definition) is 1. The molecule has 1 heterocycles. The standard InChI is InChI=1S/C13H9Cl2N3Se/c14-9-4-8(5-10(15)6-9)7-16-11-2-1-3-12-13(11)18-19-17-12/h1-6,16H,7H2. The summed E-state index contributed by atoms with van der Waals surface area (Å²) in [5.74, 6) is 0. The quantitative estimate of drug-likeness (QED) is 0.728. The van der Waals surface area contributed by atoms with Gasteiger partial charge in [-0.05, 0) is 0 Å². The fourth-order valence-electron chi connectivity index (χ4n) is 1.86. The summed E-state index contributed by atoms with van der Waals surface area (Å²) in [5, 5.41) is 4.64. The molecule has 0 saturated heterocycles. The molecular formula is C13H9Cl2N3Se. The summed E-state index contributed by atoms with van der Waals surface area (Å²) in [6, 6.07) is 11.5. The molecule has 0 saturated carbocycles. The fraction of sp³-hybridized carbons (Fsp3) is 0.0769. The van der Waals surface area contributed by atoms with Crippen LogP contribution in [-0.2, 0) is 6.54 Å². The number of halogens is 2. The molecule has 0 amide bonds. The molecule has 96 valence electrons. The number of aromatic nitrogens is 2. The molecule has 3 aromatic rings. The van der Waals surface area contributed by atoms with Crippen LogP contribution >= 0.6 is 23.2 Å². The monoisotopic (exact) mass is 357 g/mol. The van der Waals surface area contributed by atoms with Crippen LogP contribution in [0.2, 0.25) is 10.0 Å². The van der Waals surface area contributed by atoms with Gasteiger partial charge < -0.3 is 0 Å². The van der Waals surface area contributed by atoms with E-state index in [1.165, 1.54) is 0 Å². The number of fused-ring (bicyclic) bond motifs is 1. The summed E-state index contributed by atoms with van der Waals surface area (Å²) in [4.78, 5) is 0. The Morgan fingerprint density at radius 3 is 2.63 bits per heavy atom. The number of rotatable bonds is 3. The second-order valence-electron chi connectivity index (χ2n) is 4.07. The van der Waals surface area contributed by atoms with Crippen LogP contribution in [0.3, 0.4) is 0 Å². The van der Waals surface area contributed by atoms with Gasteiger partial charge in [0.25, 0.3) is 0 Å². The van der Waals surface area contributed by atoms with Crippen molar-refractivity contribution < 1.29 is 0 Å². The van der Waals surface area contributed by atoms with Gasteiger partial charge in [0.05, 0.1) is 0 Å². The molecule has 3 nitrogen and oxygen atoms in total. The van der Waals surface area contributed by atoms with E-state index in [-0.39, 0.29) is 15.0 Å². The van der Waals surface area contributed by atoms with Gasteiger partial charge in [-0.15, -0.1) is 0 Å². The van der Waals surface area contributed by atoms with E-state index >= 15 is 0 Å². The Balaban J connectivity index is 1.84. The molecule has 0 unspecified atom stereocenters. The third-order valence-electron chi connectivity index (χ3n) is 2.69. The predicted octanol–water partition coefficient (Wildman–Crippen LogP) is 3.61. The molecule has 0 radical (unpaired) electrons. The molecule has 0 atom stereocenters. The molecule has 0 aliphatic carbocycles. The normalized spacial score (nSPS) is 10.8. The van der Waals surface area contributed by atoms with Crippen LogP contribution in [0.15, 0.2) is 36.4 Å². The van der Waals surface area contributed by atoms with Gasteiger partial charge in [-0.25, -0.2) is 0 Å². The number of nitrogens with zero attached hydrogens (tertiary/aromatic N) is 2. The summed E-state index contributed by atoms with van der Waals surface area (Å²) >= 11 is 12.0. The summed E-state index contributed by atoms with van der Waals surface area (Å²) < 4.78 is 8.78.